The SMILES string of the molecule is Fc1ccc2[nH]c3c(c2c1)CCN1C(c2cccnc2)N2CCC31CC2. The Balaban J connectivity index is 1.54. The topological polar surface area (TPSA) is 35.2 Å². The number of nitrogens with zero attached hydrogens (tertiary/aromatic N) is 3. The van der Waals surface area contributed by atoms with Gasteiger partial charge in [0.25, 0.3) is 0 Å². The van der Waals surface area contributed by atoms with Gasteiger partial charge in [0, 0.05) is 54.2 Å². The first-order valence-corrected chi connectivity index (χ1v) is 9.48. The maximum Gasteiger partial charge on any atom is 0.123 e. The molecule has 1 atom stereocenters. The zero-order valence-corrected chi connectivity index (χ0v) is 14.6. The van der Waals surface area contributed by atoms with E-state index in [9.17, 15) is 4.39 Å². The molecule has 0 radical (unpaired) electrons. The zero-order valence-electron chi connectivity index (χ0n) is 14.6. The van der Waals surface area contributed by atoms with Gasteiger partial charge >= 0.3 is 0 Å². The molecule has 0 aliphatic carbocycles. The fraction of sp³-hybridized carbons (Fsp3) is 0.381. The van der Waals surface area contributed by atoms with E-state index in [-0.39, 0.29) is 11.4 Å². The smallest absolute Gasteiger partial charge is 0.123 e. The van der Waals surface area contributed by atoms with Crippen LogP contribution in [0.5, 0.6) is 0 Å². The minimum absolute atomic E-state index is 0.0400. The number of nitrogens with one attached hydrogen (secondary N) is 1. The van der Waals surface area contributed by atoms with Crippen LogP contribution < -0.4 is 0 Å². The Bertz CT molecular complexity index is 988. The second-order valence-corrected chi connectivity index (χ2v) is 7.84. The minimum Gasteiger partial charge on any atom is -0.357 e. The summed E-state index contributed by atoms with van der Waals surface area (Å²) in [5, 5.41) is 1.07. The predicted octanol–water partition coefficient (Wildman–Crippen LogP) is 3.56. The van der Waals surface area contributed by atoms with Crippen molar-refractivity contribution in [2.24, 2.45) is 0 Å². The molecule has 2 bridgehead atoms. The minimum atomic E-state index is -0.147. The van der Waals surface area contributed by atoms with Gasteiger partial charge in [0.1, 0.15) is 5.82 Å². The Labute approximate surface area is 151 Å². The average molecular weight is 348 g/mol. The summed E-state index contributed by atoms with van der Waals surface area (Å²) in [7, 11) is 0. The van der Waals surface area contributed by atoms with Crippen LogP contribution in [0.2, 0.25) is 0 Å². The van der Waals surface area contributed by atoms with Gasteiger partial charge in [0.05, 0.1) is 11.7 Å². The number of halogens is 1. The maximum absolute atomic E-state index is 13.8. The van der Waals surface area contributed by atoms with Gasteiger partial charge in [-0.15, -0.1) is 0 Å². The third-order valence-corrected chi connectivity index (χ3v) is 6.73. The van der Waals surface area contributed by atoms with Crippen molar-refractivity contribution in [3.05, 3.63) is 65.4 Å². The van der Waals surface area contributed by atoms with Crippen molar-refractivity contribution in [1.82, 2.24) is 19.8 Å². The highest BCUT2D eigenvalue weighted by Gasteiger charge is 2.55. The largest absolute Gasteiger partial charge is 0.357 e. The van der Waals surface area contributed by atoms with Crippen LogP contribution in [0.1, 0.15) is 35.8 Å². The molecule has 2 aromatic heterocycles. The maximum atomic E-state index is 13.8. The van der Waals surface area contributed by atoms with Crippen molar-refractivity contribution >= 4 is 10.9 Å². The summed E-state index contributed by atoms with van der Waals surface area (Å²) < 4.78 is 13.8. The number of benzene rings is 1. The third kappa shape index (κ3) is 1.82. The molecule has 4 nitrogen and oxygen atoms in total. The number of aromatic amines is 1. The molecule has 5 heteroatoms. The van der Waals surface area contributed by atoms with Crippen LogP contribution >= 0.6 is 0 Å². The second kappa shape index (κ2) is 5.15. The number of hydrogen-bond acceptors (Lipinski definition) is 3. The molecule has 0 amide bonds. The molecule has 132 valence electrons. The van der Waals surface area contributed by atoms with Crippen LogP contribution in [-0.4, -0.2) is 39.4 Å². The fourth-order valence-electron chi connectivity index (χ4n) is 5.62. The van der Waals surface area contributed by atoms with Crippen LogP contribution in [0.3, 0.4) is 0 Å². The molecule has 4 aliphatic heterocycles. The molecule has 6 heterocycles. The van der Waals surface area contributed by atoms with E-state index in [0.29, 0.717) is 6.17 Å². The van der Waals surface area contributed by atoms with Gasteiger partial charge in [0.15, 0.2) is 0 Å². The predicted molar refractivity (Wildman–Crippen MR) is 98.1 cm³/mol. The standard InChI is InChI=1S/C21H21FN4/c22-15-3-4-18-17(12-15)16-5-9-26-20(14-2-1-8-23-13-14)25-10-6-21(26,7-11-25)19(16)24-18/h1-4,8,12-13,20,24H,5-7,9-11H2. The van der Waals surface area contributed by atoms with Crippen molar-refractivity contribution in [1.29, 1.82) is 0 Å². The lowest BCUT2D eigenvalue weighted by molar-refractivity contribution is -0.149. The van der Waals surface area contributed by atoms with Crippen molar-refractivity contribution in [3.63, 3.8) is 0 Å². The number of fused-ring (bicyclic) bond motifs is 5. The van der Waals surface area contributed by atoms with Crippen molar-refractivity contribution in [2.45, 2.75) is 31.0 Å². The van der Waals surface area contributed by atoms with E-state index in [1.54, 1.807) is 12.1 Å². The van der Waals surface area contributed by atoms with Gasteiger partial charge in [-0.1, -0.05) is 6.07 Å². The normalized spacial score (nSPS) is 30.3. The van der Waals surface area contributed by atoms with Crippen LogP contribution in [0.25, 0.3) is 10.9 Å². The molecule has 1 N–H and O–H groups in total. The van der Waals surface area contributed by atoms with Crippen molar-refractivity contribution < 1.29 is 4.39 Å². The van der Waals surface area contributed by atoms with E-state index in [1.165, 1.54) is 16.8 Å². The summed E-state index contributed by atoms with van der Waals surface area (Å²) in [6, 6.07) is 9.38. The van der Waals surface area contributed by atoms with Crippen molar-refractivity contribution in [3.8, 4) is 0 Å². The summed E-state index contributed by atoms with van der Waals surface area (Å²) in [5.74, 6) is -0.147. The van der Waals surface area contributed by atoms with Gasteiger partial charge < -0.3 is 4.98 Å². The third-order valence-electron chi connectivity index (χ3n) is 6.73. The molecule has 26 heavy (non-hydrogen) atoms. The number of hydrogen-bond donors (Lipinski definition) is 1. The summed E-state index contributed by atoms with van der Waals surface area (Å²) >= 11 is 0. The Hall–Kier alpha value is -2.24. The lowest BCUT2D eigenvalue weighted by Crippen LogP contribution is -2.66. The first-order chi connectivity index (χ1) is 12.8. The van der Waals surface area contributed by atoms with Gasteiger partial charge in [-0.25, -0.2) is 4.39 Å². The zero-order chi connectivity index (χ0) is 17.3. The molecule has 1 spiro atoms. The summed E-state index contributed by atoms with van der Waals surface area (Å²) in [4.78, 5) is 13.3. The van der Waals surface area contributed by atoms with E-state index in [4.69, 9.17) is 0 Å². The van der Waals surface area contributed by atoms with Gasteiger partial charge in [0.2, 0.25) is 0 Å². The Kier molecular flexibility index (Phi) is 2.95. The highest BCUT2D eigenvalue weighted by Crippen LogP contribution is 2.53. The highest BCUT2D eigenvalue weighted by atomic mass is 19.1. The molecule has 4 aliphatic rings. The lowest BCUT2D eigenvalue weighted by Gasteiger charge is -2.62. The van der Waals surface area contributed by atoms with Crippen LogP contribution in [0.4, 0.5) is 4.39 Å². The molecular formula is C21H21FN4. The molecule has 7 rings (SSSR count). The average Bonchev–Trinajstić information content (AvgIpc) is 3.07. The van der Waals surface area contributed by atoms with Gasteiger partial charge in [-0.3, -0.25) is 14.8 Å². The van der Waals surface area contributed by atoms with E-state index in [2.05, 4.69) is 25.8 Å². The number of aromatic nitrogens is 2. The Morgan fingerprint density at radius 3 is 2.85 bits per heavy atom. The van der Waals surface area contributed by atoms with Crippen LogP contribution in [0, 0.1) is 5.82 Å². The first-order valence-electron chi connectivity index (χ1n) is 9.48. The van der Waals surface area contributed by atoms with E-state index in [1.807, 2.05) is 24.5 Å². The molecular weight excluding hydrogens is 327 g/mol. The molecule has 3 aromatic rings. The number of rotatable bonds is 1. The summed E-state index contributed by atoms with van der Waals surface area (Å²) in [6.07, 6.45) is 7.37. The molecule has 3 fully saturated rings. The molecule has 1 aromatic carbocycles. The van der Waals surface area contributed by atoms with Crippen molar-refractivity contribution in [2.75, 3.05) is 19.6 Å². The molecule has 1 unspecified atom stereocenters. The monoisotopic (exact) mass is 348 g/mol. The second-order valence-electron chi connectivity index (χ2n) is 7.84. The van der Waals surface area contributed by atoms with E-state index >= 15 is 0 Å². The number of piperidine rings is 1. The summed E-state index contributed by atoms with van der Waals surface area (Å²) in [6.45, 7) is 3.20. The van der Waals surface area contributed by atoms with Crippen LogP contribution in [0.15, 0.2) is 42.7 Å². The first kappa shape index (κ1) is 14.9. The fourth-order valence-corrected chi connectivity index (χ4v) is 5.62. The van der Waals surface area contributed by atoms with E-state index < -0.39 is 0 Å². The van der Waals surface area contributed by atoms with Gasteiger partial charge in [-0.2, -0.15) is 0 Å². The molecule has 0 saturated carbocycles. The summed E-state index contributed by atoms with van der Waals surface area (Å²) in [5.41, 5.74) is 5.05. The number of pyridine rings is 1. The van der Waals surface area contributed by atoms with Gasteiger partial charge in [-0.05, 0) is 49.1 Å². The molecule has 3 saturated heterocycles. The Morgan fingerprint density at radius 2 is 2.04 bits per heavy atom. The number of H-pyrrole nitrogens is 1. The van der Waals surface area contributed by atoms with Crippen LogP contribution in [-0.2, 0) is 12.0 Å². The highest BCUT2D eigenvalue weighted by molar-refractivity contribution is 5.85. The Morgan fingerprint density at radius 1 is 1.15 bits per heavy atom. The van der Waals surface area contributed by atoms with E-state index in [0.717, 1.165) is 49.8 Å². The lowest BCUT2D eigenvalue weighted by atomic mass is 9.74. The quantitative estimate of drug-likeness (QED) is 0.730.